The predicted molar refractivity (Wildman–Crippen MR) is 54.1 cm³/mol. The van der Waals surface area contributed by atoms with Crippen LogP contribution < -0.4 is 0 Å². The highest BCUT2D eigenvalue weighted by atomic mass is 14.6. The third-order valence-electron chi connectivity index (χ3n) is 1.95. The van der Waals surface area contributed by atoms with Gasteiger partial charge in [0.25, 0.3) is 0 Å². The summed E-state index contributed by atoms with van der Waals surface area (Å²) >= 11 is 0. The Morgan fingerprint density at radius 2 is 2.17 bits per heavy atom. The zero-order valence-electron chi connectivity index (χ0n) is 7.96. The minimum atomic E-state index is 1.07. The van der Waals surface area contributed by atoms with Crippen LogP contribution in [-0.2, 0) is 6.42 Å². The second-order valence-electron chi connectivity index (χ2n) is 2.94. The van der Waals surface area contributed by atoms with Crippen LogP contribution in [0.1, 0.15) is 23.6 Å². The second-order valence-corrected chi connectivity index (χ2v) is 2.94. The average molecular weight is 161 g/mol. The van der Waals surface area contributed by atoms with E-state index in [1.807, 2.05) is 13.3 Å². The number of hydrogen-bond donors (Lipinski definition) is 0. The van der Waals surface area contributed by atoms with Crippen LogP contribution in [-0.4, -0.2) is 13.3 Å². The monoisotopic (exact) mass is 161 g/mol. The third kappa shape index (κ3) is 1.94. The summed E-state index contributed by atoms with van der Waals surface area (Å²) in [5.74, 6) is 0. The second kappa shape index (κ2) is 4.05. The van der Waals surface area contributed by atoms with E-state index >= 15 is 0 Å². The largest absolute Gasteiger partial charge is 0.296 e. The molecule has 0 aromatic heterocycles. The Morgan fingerprint density at radius 3 is 2.75 bits per heavy atom. The summed E-state index contributed by atoms with van der Waals surface area (Å²) < 4.78 is 0. The molecule has 12 heavy (non-hydrogen) atoms. The molecule has 0 bridgehead atoms. The average Bonchev–Trinajstić information content (AvgIpc) is 2.05. The van der Waals surface area contributed by atoms with Crippen LogP contribution in [0.5, 0.6) is 0 Å². The van der Waals surface area contributed by atoms with Gasteiger partial charge in [0.15, 0.2) is 0 Å². The van der Waals surface area contributed by atoms with E-state index in [1.165, 1.54) is 16.7 Å². The third-order valence-corrected chi connectivity index (χ3v) is 1.95. The molecule has 1 heteroatoms. The molecule has 0 aliphatic heterocycles. The Balaban J connectivity index is 3.12. The van der Waals surface area contributed by atoms with Crippen molar-refractivity contribution in [2.45, 2.75) is 20.3 Å². The van der Waals surface area contributed by atoms with Crippen molar-refractivity contribution in [3.8, 4) is 0 Å². The number of benzene rings is 1. The molecule has 0 aliphatic carbocycles. The molecule has 1 nitrogen and oxygen atoms in total. The van der Waals surface area contributed by atoms with E-state index in [1.54, 1.807) is 0 Å². The predicted octanol–water partition coefficient (Wildman–Crippen LogP) is 2.61. The van der Waals surface area contributed by atoms with Crippen molar-refractivity contribution in [3.63, 3.8) is 0 Å². The van der Waals surface area contributed by atoms with Crippen molar-refractivity contribution in [3.05, 3.63) is 34.9 Å². The number of hydrogen-bond acceptors (Lipinski definition) is 1. The number of nitrogens with zero attached hydrogens (tertiary/aromatic N) is 1. The standard InChI is InChI=1S/C11H15N/c1-4-10-6-5-9(2)7-11(10)8-12-3/h5-8H,4H2,1-3H3. The van der Waals surface area contributed by atoms with Crippen LogP contribution in [0.2, 0.25) is 0 Å². The molecule has 0 heterocycles. The normalized spacial score (nSPS) is 10.9. The van der Waals surface area contributed by atoms with Gasteiger partial charge in [-0.15, -0.1) is 0 Å². The highest BCUT2D eigenvalue weighted by molar-refractivity contribution is 5.81. The Kier molecular flexibility index (Phi) is 3.03. The van der Waals surface area contributed by atoms with E-state index in [2.05, 4.69) is 37.0 Å². The Labute approximate surface area is 74.2 Å². The maximum Gasteiger partial charge on any atom is 0.0284 e. The van der Waals surface area contributed by atoms with Gasteiger partial charge in [0.1, 0.15) is 0 Å². The fourth-order valence-corrected chi connectivity index (χ4v) is 1.30. The number of aryl methyl sites for hydroxylation is 2. The molecule has 1 rings (SSSR count). The number of rotatable bonds is 2. The van der Waals surface area contributed by atoms with Gasteiger partial charge in [-0.05, 0) is 24.5 Å². The van der Waals surface area contributed by atoms with Crippen molar-refractivity contribution >= 4 is 6.21 Å². The van der Waals surface area contributed by atoms with E-state index < -0.39 is 0 Å². The first-order valence-electron chi connectivity index (χ1n) is 4.29. The van der Waals surface area contributed by atoms with Gasteiger partial charge in [0.2, 0.25) is 0 Å². The molecule has 1 aromatic carbocycles. The van der Waals surface area contributed by atoms with Gasteiger partial charge in [0.05, 0.1) is 0 Å². The quantitative estimate of drug-likeness (QED) is 0.591. The topological polar surface area (TPSA) is 12.4 Å². The van der Waals surface area contributed by atoms with Gasteiger partial charge in [-0.25, -0.2) is 0 Å². The maximum atomic E-state index is 4.03. The minimum Gasteiger partial charge on any atom is -0.296 e. The summed E-state index contributed by atoms with van der Waals surface area (Å²) in [5.41, 5.74) is 3.91. The zero-order valence-corrected chi connectivity index (χ0v) is 7.96. The summed E-state index contributed by atoms with van der Waals surface area (Å²) in [7, 11) is 1.81. The first-order valence-corrected chi connectivity index (χ1v) is 4.29. The van der Waals surface area contributed by atoms with E-state index in [0.717, 1.165) is 6.42 Å². The van der Waals surface area contributed by atoms with E-state index in [0.29, 0.717) is 0 Å². The smallest absolute Gasteiger partial charge is 0.0284 e. The molecular weight excluding hydrogens is 146 g/mol. The summed E-state index contributed by atoms with van der Waals surface area (Å²) in [5, 5.41) is 0. The van der Waals surface area contributed by atoms with Gasteiger partial charge in [0, 0.05) is 13.3 Å². The SMILES string of the molecule is CCc1ccc(C)cc1C=NC. The zero-order chi connectivity index (χ0) is 8.97. The molecule has 0 N–H and O–H groups in total. The van der Waals surface area contributed by atoms with Crippen LogP contribution in [0, 0.1) is 6.92 Å². The molecule has 0 saturated carbocycles. The molecule has 0 spiro atoms. The van der Waals surface area contributed by atoms with E-state index in [-0.39, 0.29) is 0 Å². The molecule has 0 saturated heterocycles. The van der Waals surface area contributed by atoms with E-state index in [9.17, 15) is 0 Å². The van der Waals surface area contributed by atoms with Gasteiger partial charge in [-0.3, -0.25) is 4.99 Å². The summed E-state index contributed by atoms with van der Waals surface area (Å²) in [6, 6.07) is 6.49. The lowest BCUT2D eigenvalue weighted by Crippen LogP contribution is -1.91. The van der Waals surface area contributed by atoms with Crippen LogP contribution in [0.15, 0.2) is 23.2 Å². The molecule has 1 aromatic rings. The summed E-state index contributed by atoms with van der Waals surface area (Å²) in [6.45, 7) is 4.27. The first kappa shape index (κ1) is 8.98. The van der Waals surface area contributed by atoms with Crippen molar-refractivity contribution in [2.24, 2.45) is 4.99 Å². The van der Waals surface area contributed by atoms with Crippen LogP contribution >= 0.6 is 0 Å². The molecule has 0 fully saturated rings. The van der Waals surface area contributed by atoms with Crippen molar-refractivity contribution < 1.29 is 0 Å². The minimum absolute atomic E-state index is 1.07. The molecular formula is C11H15N. The molecule has 0 radical (unpaired) electrons. The lowest BCUT2D eigenvalue weighted by atomic mass is 10.0. The van der Waals surface area contributed by atoms with Gasteiger partial charge in [-0.1, -0.05) is 30.7 Å². The van der Waals surface area contributed by atoms with Crippen LogP contribution in [0.25, 0.3) is 0 Å². The van der Waals surface area contributed by atoms with Crippen LogP contribution in [0.4, 0.5) is 0 Å². The lowest BCUT2D eigenvalue weighted by molar-refractivity contribution is 1.13. The molecule has 0 atom stereocenters. The van der Waals surface area contributed by atoms with Crippen LogP contribution in [0.3, 0.4) is 0 Å². The molecule has 64 valence electrons. The summed E-state index contributed by atoms with van der Waals surface area (Å²) in [4.78, 5) is 4.03. The fourth-order valence-electron chi connectivity index (χ4n) is 1.30. The van der Waals surface area contributed by atoms with Crippen molar-refractivity contribution in [1.29, 1.82) is 0 Å². The first-order chi connectivity index (χ1) is 5.77. The number of aliphatic imine (C=N–C) groups is 1. The Hall–Kier alpha value is -1.11. The van der Waals surface area contributed by atoms with Gasteiger partial charge < -0.3 is 0 Å². The molecule has 0 unspecified atom stereocenters. The van der Waals surface area contributed by atoms with Gasteiger partial charge in [-0.2, -0.15) is 0 Å². The lowest BCUT2D eigenvalue weighted by Gasteiger charge is -2.03. The van der Waals surface area contributed by atoms with Crippen molar-refractivity contribution in [1.82, 2.24) is 0 Å². The highest BCUT2D eigenvalue weighted by Gasteiger charge is 1.96. The Morgan fingerprint density at radius 1 is 1.42 bits per heavy atom. The van der Waals surface area contributed by atoms with E-state index in [4.69, 9.17) is 0 Å². The highest BCUT2D eigenvalue weighted by Crippen LogP contribution is 2.10. The summed E-state index contributed by atoms with van der Waals surface area (Å²) in [6.07, 6.45) is 2.99. The molecule has 0 amide bonds. The maximum absolute atomic E-state index is 4.03. The Bertz CT molecular complexity index is 287. The van der Waals surface area contributed by atoms with Gasteiger partial charge >= 0.3 is 0 Å². The fraction of sp³-hybridized carbons (Fsp3) is 0.364. The van der Waals surface area contributed by atoms with Crippen molar-refractivity contribution in [2.75, 3.05) is 7.05 Å². The molecule has 0 aliphatic rings.